The summed E-state index contributed by atoms with van der Waals surface area (Å²) in [6, 6.07) is 7.96. The Labute approximate surface area is 244 Å². The lowest BCUT2D eigenvalue weighted by Gasteiger charge is -2.30. The van der Waals surface area contributed by atoms with Crippen molar-refractivity contribution in [2.45, 2.75) is 72.3 Å². The van der Waals surface area contributed by atoms with Gasteiger partial charge in [-0.05, 0) is 49.8 Å². The summed E-state index contributed by atoms with van der Waals surface area (Å²) >= 11 is 0. The van der Waals surface area contributed by atoms with Gasteiger partial charge in [-0.3, -0.25) is 24.4 Å². The lowest BCUT2D eigenvalue weighted by molar-refractivity contribution is -0.132. The zero-order valence-corrected chi connectivity index (χ0v) is 25.2. The zero-order valence-electron chi connectivity index (χ0n) is 25.2. The second-order valence-electron chi connectivity index (χ2n) is 11.9. The fourth-order valence-electron chi connectivity index (χ4n) is 5.97. The number of rotatable bonds is 6. The molecule has 0 bridgehead atoms. The molecule has 0 radical (unpaired) electrons. The minimum Gasteiger partial charge on any atom is -0.343 e. The number of aryl methyl sites for hydroxylation is 1. The second-order valence-corrected chi connectivity index (χ2v) is 11.9. The topological polar surface area (TPSA) is 90.0 Å². The lowest BCUT2D eigenvalue weighted by atomic mass is 9.94. The fraction of sp³-hybridized carbons (Fsp3) is 0.594. The molecule has 0 atom stereocenters. The molecule has 41 heavy (non-hydrogen) atoms. The molecule has 1 saturated heterocycles. The number of nitrogens with zero attached hydrogens (tertiary/aromatic N) is 6. The van der Waals surface area contributed by atoms with Gasteiger partial charge in [0.1, 0.15) is 0 Å². The number of carbonyl (C=O) groups excluding carboxylic acids is 3. The van der Waals surface area contributed by atoms with Gasteiger partial charge in [-0.2, -0.15) is 0 Å². The average Bonchev–Trinajstić information content (AvgIpc) is 2.99. The summed E-state index contributed by atoms with van der Waals surface area (Å²) in [5.41, 5.74) is 3.66. The summed E-state index contributed by atoms with van der Waals surface area (Å²) in [6.07, 6.45) is 7.22. The van der Waals surface area contributed by atoms with Crippen molar-refractivity contribution in [3.8, 4) is 0 Å². The molecule has 9 nitrogen and oxygen atoms in total. The van der Waals surface area contributed by atoms with Crippen LogP contribution in [0.5, 0.6) is 0 Å². The molecule has 3 heterocycles. The highest BCUT2D eigenvalue weighted by Gasteiger charge is 2.24. The van der Waals surface area contributed by atoms with E-state index in [9.17, 15) is 14.4 Å². The van der Waals surface area contributed by atoms with Crippen molar-refractivity contribution in [3.63, 3.8) is 0 Å². The van der Waals surface area contributed by atoms with Crippen LogP contribution in [-0.4, -0.2) is 88.2 Å². The third-order valence-electron chi connectivity index (χ3n) is 8.22. The second kappa shape index (κ2) is 14.5. The first-order chi connectivity index (χ1) is 19.7. The van der Waals surface area contributed by atoms with Gasteiger partial charge in [0.15, 0.2) is 0 Å². The number of piperidine rings is 1. The number of aromatic nitrogens is 2. The van der Waals surface area contributed by atoms with Crippen molar-refractivity contribution in [1.82, 2.24) is 24.7 Å². The number of likely N-dealkylation sites (tertiary alicyclic amines) is 1. The van der Waals surface area contributed by atoms with E-state index < -0.39 is 0 Å². The van der Waals surface area contributed by atoms with Crippen molar-refractivity contribution < 1.29 is 14.4 Å². The predicted molar refractivity (Wildman–Crippen MR) is 160 cm³/mol. The highest BCUT2D eigenvalue weighted by atomic mass is 16.2. The Morgan fingerprint density at radius 2 is 1.63 bits per heavy atom. The van der Waals surface area contributed by atoms with Crippen LogP contribution in [0.15, 0.2) is 36.7 Å². The van der Waals surface area contributed by atoms with Crippen LogP contribution in [0.4, 0.5) is 5.69 Å². The standard InChI is InChI=1S/C32H46N6O3/c1-24(2)22-35-14-7-15-38(26(4)40)31-9-6-5-8-28(31)23-37(19-18-35)32(41)11-10-29-20-34-30(21-33-29)27-12-16-36(17-13-27)25(3)39/h5-6,8-9,20-21,24,27H,7,10-19,22-23H2,1-4H3. The number of amides is 3. The summed E-state index contributed by atoms with van der Waals surface area (Å²) < 4.78 is 0. The van der Waals surface area contributed by atoms with Crippen LogP contribution in [-0.2, 0) is 27.3 Å². The average molecular weight is 563 g/mol. The predicted octanol–water partition coefficient (Wildman–Crippen LogP) is 3.88. The molecule has 9 heteroatoms. The molecule has 0 unspecified atom stereocenters. The maximum absolute atomic E-state index is 13.6. The number of carbonyl (C=O) groups is 3. The van der Waals surface area contributed by atoms with E-state index in [1.807, 2.05) is 45.2 Å². The molecule has 2 aromatic rings. The van der Waals surface area contributed by atoms with Crippen LogP contribution in [0, 0.1) is 5.92 Å². The van der Waals surface area contributed by atoms with E-state index in [1.54, 1.807) is 20.0 Å². The van der Waals surface area contributed by atoms with Crippen LogP contribution in [0.2, 0.25) is 0 Å². The Bertz CT molecular complexity index is 1180. The smallest absolute Gasteiger partial charge is 0.223 e. The normalized spacial score (nSPS) is 17.7. The van der Waals surface area contributed by atoms with Crippen molar-refractivity contribution in [1.29, 1.82) is 0 Å². The van der Waals surface area contributed by atoms with Gasteiger partial charge in [0.05, 0.1) is 11.4 Å². The summed E-state index contributed by atoms with van der Waals surface area (Å²) in [6.45, 7) is 13.6. The summed E-state index contributed by atoms with van der Waals surface area (Å²) in [7, 11) is 0. The Morgan fingerprint density at radius 3 is 2.29 bits per heavy atom. The third-order valence-corrected chi connectivity index (χ3v) is 8.22. The monoisotopic (exact) mass is 562 g/mol. The van der Waals surface area contributed by atoms with Gasteiger partial charge in [-0.25, -0.2) is 0 Å². The fourth-order valence-corrected chi connectivity index (χ4v) is 5.97. The largest absolute Gasteiger partial charge is 0.343 e. The van der Waals surface area contributed by atoms with Gasteiger partial charge >= 0.3 is 0 Å². The first-order valence-electron chi connectivity index (χ1n) is 15.1. The Morgan fingerprint density at radius 1 is 0.878 bits per heavy atom. The Kier molecular flexibility index (Phi) is 10.9. The number of hydrogen-bond donors (Lipinski definition) is 0. The van der Waals surface area contributed by atoms with Gasteiger partial charge in [-0.15, -0.1) is 0 Å². The van der Waals surface area contributed by atoms with Crippen molar-refractivity contribution in [2.24, 2.45) is 5.92 Å². The minimum atomic E-state index is 0.0245. The highest BCUT2D eigenvalue weighted by Crippen LogP contribution is 2.27. The molecular formula is C32H46N6O3. The van der Waals surface area contributed by atoms with Crippen LogP contribution in [0.25, 0.3) is 0 Å². The van der Waals surface area contributed by atoms with E-state index in [1.165, 1.54) is 0 Å². The van der Waals surface area contributed by atoms with Crippen LogP contribution < -0.4 is 4.90 Å². The SMILES string of the molecule is CC(=O)N1CCC(c2cnc(CCC(=O)N3CCN(CC(C)C)CCCN(C(C)=O)c4ccccc4C3)cn2)CC1. The summed E-state index contributed by atoms with van der Waals surface area (Å²) in [4.78, 5) is 55.3. The minimum absolute atomic E-state index is 0.0245. The quantitative estimate of drug-likeness (QED) is 0.531. The number of fused-ring (bicyclic) bond motifs is 1. The maximum atomic E-state index is 13.6. The Balaban J connectivity index is 1.43. The van der Waals surface area contributed by atoms with E-state index in [4.69, 9.17) is 0 Å². The molecule has 1 aromatic heterocycles. The lowest BCUT2D eigenvalue weighted by Crippen LogP contribution is -2.40. The molecule has 1 fully saturated rings. The maximum Gasteiger partial charge on any atom is 0.223 e. The van der Waals surface area contributed by atoms with Crippen LogP contribution in [0.1, 0.15) is 76.2 Å². The molecule has 0 aliphatic carbocycles. The third kappa shape index (κ3) is 8.58. The highest BCUT2D eigenvalue weighted by molar-refractivity contribution is 5.92. The summed E-state index contributed by atoms with van der Waals surface area (Å²) in [5, 5.41) is 0. The van der Waals surface area contributed by atoms with Crippen LogP contribution >= 0.6 is 0 Å². The molecule has 1 aromatic carbocycles. The van der Waals surface area contributed by atoms with E-state index in [0.29, 0.717) is 44.3 Å². The van der Waals surface area contributed by atoms with E-state index in [0.717, 1.165) is 74.6 Å². The van der Waals surface area contributed by atoms with Gasteiger partial charge < -0.3 is 19.6 Å². The summed E-state index contributed by atoms with van der Waals surface area (Å²) in [5.74, 6) is 1.07. The molecule has 2 aliphatic heterocycles. The molecule has 0 saturated carbocycles. The van der Waals surface area contributed by atoms with Gasteiger partial charge in [-0.1, -0.05) is 32.0 Å². The van der Waals surface area contributed by atoms with E-state index in [2.05, 4.69) is 28.7 Å². The molecule has 0 spiro atoms. The number of hydrogen-bond acceptors (Lipinski definition) is 6. The van der Waals surface area contributed by atoms with Gasteiger partial charge in [0.2, 0.25) is 17.7 Å². The molecule has 4 rings (SSSR count). The van der Waals surface area contributed by atoms with Crippen LogP contribution in [0.3, 0.4) is 0 Å². The molecule has 2 aliphatic rings. The van der Waals surface area contributed by atoms with Crippen molar-refractivity contribution >= 4 is 23.4 Å². The van der Waals surface area contributed by atoms with Crippen molar-refractivity contribution in [2.75, 3.05) is 50.7 Å². The Hall–Kier alpha value is -3.33. The molecular weight excluding hydrogens is 516 g/mol. The zero-order chi connectivity index (χ0) is 29.4. The first-order valence-corrected chi connectivity index (χ1v) is 15.1. The first kappa shape index (κ1) is 30.6. The molecule has 222 valence electrons. The molecule has 0 N–H and O–H groups in total. The van der Waals surface area contributed by atoms with Gasteiger partial charge in [0.25, 0.3) is 0 Å². The number of benzene rings is 1. The number of para-hydroxylation sites is 1. The van der Waals surface area contributed by atoms with Crippen molar-refractivity contribution in [3.05, 3.63) is 53.6 Å². The van der Waals surface area contributed by atoms with E-state index in [-0.39, 0.29) is 17.7 Å². The number of anilines is 1. The van der Waals surface area contributed by atoms with Gasteiger partial charge in [0, 0.05) is 90.1 Å². The molecule has 3 amide bonds. The van der Waals surface area contributed by atoms with E-state index >= 15 is 0 Å².